The van der Waals surface area contributed by atoms with E-state index in [-0.39, 0.29) is 37.3 Å². The number of nitrogens with zero attached hydrogens (tertiary/aromatic N) is 1. The van der Waals surface area contributed by atoms with Crippen LogP contribution in [0.4, 0.5) is 17.1 Å². The van der Waals surface area contributed by atoms with E-state index in [4.69, 9.17) is 15.9 Å². The molecule has 11 heteroatoms. The van der Waals surface area contributed by atoms with Crippen LogP contribution in [0.3, 0.4) is 0 Å². The molecule has 0 spiro atoms. The Bertz CT molecular complexity index is 1090. The number of nitrogens with two attached hydrogens (primary N) is 1. The Balaban J connectivity index is 0.00000342. The van der Waals surface area contributed by atoms with Crippen LogP contribution in [-0.4, -0.2) is 54.0 Å². The van der Waals surface area contributed by atoms with E-state index >= 15 is 0 Å². The molecular weight excluding hydrogens is 474 g/mol. The summed E-state index contributed by atoms with van der Waals surface area (Å²) in [5.41, 5.74) is 7.51. The van der Waals surface area contributed by atoms with Crippen molar-refractivity contribution in [3.05, 3.63) is 54.1 Å². The zero-order valence-corrected chi connectivity index (χ0v) is 19.7. The van der Waals surface area contributed by atoms with E-state index in [0.717, 1.165) is 12.8 Å². The number of amides is 3. The van der Waals surface area contributed by atoms with Crippen LogP contribution in [0, 0.1) is 11.3 Å². The number of aliphatic hydroxyl groups is 1. The highest BCUT2D eigenvalue weighted by molar-refractivity contribution is 6.04. The van der Waals surface area contributed by atoms with E-state index in [0.29, 0.717) is 35.0 Å². The molecule has 1 saturated carbocycles. The molecule has 3 amide bonds. The standard InChI is InChI=1S/C24H27N5O5.ClH/c25-22(26)15-3-5-17(6-4-15)28-23(32)20(31)21-24(33)29(11-12-34-21)18-9-7-16(8-10-18)27-19(30)13-14-1-2-14;/h3-10,14,20-21,31H,1-2,11-13H2,(H3,25,26)(H,27,30)(H,28,32);1H/t20?,21-;/m1./s1. The molecule has 2 fully saturated rings. The molecule has 0 aromatic heterocycles. The van der Waals surface area contributed by atoms with Crippen LogP contribution in [0.1, 0.15) is 24.8 Å². The first kappa shape index (κ1) is 26.1. The minimum absolute atomic E-state index is 0. The number of carbonyl (C=O) groups is 3. The van der Waals surface area contributed by atoms with Gasteiger partial charge in [0.05, 0.1) is 6.61 Å². The Morgan fingerprint density at radius 3 is 2.29 bits per heavy atom. The molecule has 35 heavy (non-hydrogen) atoms. The van der Waals surface area contributed by atoms with Crippen molar-refractivity contribution in [3.8, 4) is 0 Å². The first-order chi connectivity index (χ1) is 16.3. The van der Waals surface area contributed by atoms with E-state index in [2.05, 4.69) is 10.6 Å². The summed E-state index contributed by atoms with van der Waals surface area (Å²) in [5.74, 6) is -0.961. The molecule has 0 bridgehead atoms. The Morgan fingerprint density at radius 2 is 1.69 bits per heavy atom. The van der Waals surface area contributed by atoms with Crippen LogP contribution in [0.2, 0.25) is 0 Å². The topological polar surface area (TPSA) is 158 Å². The Kier molecular flexibility index (Phi) is 8.44. The third kappa shape index (κ3) is 6.56. The summed E-state index contributed by atoms with van der Waals surface area (Å²) in [7, 11) is 0. The molecule has 4 rings (SSSR count). The molecule has 2 atom stereocenters. The normalized spacial score (nSPS) is 18.3. The zero-order valence-electron chi connectivity index (χ0n) is 18.9. The number of morpholine rings is 1. The van der Waals surface area contributed by atoms with Gasteiger partial charge in [-0.25, -0.2) is 0 Å². The number of halogens is 1. The van der Waals surface area contributed by atoms with Crippen LogP contribution in [-0.2, 0) is 19.1 Å². The average molecular weight is 502 g/mol. The van der Waals surface area contributed by atoms with Gasteiger partial charge in [0.15, 0.2) is 12.2 Å². The summed E-state index contributed by atoms with van der Waals surface area (Å²) >= 11 is 0. The van der Waals surface area contributed by atoms with Crippen molar-refractivity contribution in [1.82, 2.24) is 0 Å². The fourth-order valence-corrected chi connectivity index (χ4v) is 3.70. The highest BCUT2D eigenvalue weighted by atomic mass is 35.5. The van der Waals surface area contributed by atoms with E-state index in [9.17, 15) is 19.5 Å². The third-order valence-electron chi connectivity index (χ3n) is 5.77. The lowest BCUT2D eigenvalue weighted by molar-refractivity contribution is -0.150. The molecule has 10 nitrogen and oxygen atoms in total. The molecule has 186 valence electrons. The lowest BCUT2D eigenvalue weighted by Crippen LogP contribution is -2.55. The van der Waals surface area contributed by atoms with Crippen molar-refractivity contribution < 1.29 is 24.2 Å². The van der Waals surface area contributed by atoms with Crippen LogP contribution in [0.5, 0.6) is 0 Å². The largest absolute Gasteiger partial charge is 0.384 e. The minimum atomic E-state index is -1.72. The molecule has 1 aliphatic carbocycles. The molecule has 2 aromatic rings. The SMILES string of the molecule is Cl.N=C(N)c1ccc(NC(=O)C(O)[C@H]2OCCN(c3ccc(NC(=O)CC4CC4)cc3)C2=O)cc1. The molecule has 1 unspecified atom stereocenters. The molecule has 1 aliphatic heterocycles. The van der Waals surface area contributed by atoms with E-state index < -0.39 is 24.0 Å². The number of nitrogens with one attached hydrogen (secondary N) is 3. The molecular formula is C24H28ClN5O5. The summed E-state index contributed by atoms with van der Waals surface area (Å²) < 4.78 is 5.43. The number of rotatable bonds is 8. The number of aliphatic hydroxyl groups excluding tert-OH is 1. The molecule has 1 saturated heterocycles. The maximum Gasteiger partial charge on any atom is 0.259 e. The van der Waals surface area contributed by atoms with E-state index in [1.54, 1.807) is 48.5 Å². The van der Waals surface area contributed by atoms with Gasteiger partial charge in [-0.1, -0.05) is 0 Å². The van der Waals surface area contributed by atoms with Crippen molar-refractivity contribution >= 4 is 53.0 Å². The van der Waals surface area contributed by atoms with E-state index in [1.807, 2.05) is 0 Å². The molecule has 1 heterocycles. The first-order valence-corrected chi connectivity index (χ1v) is 11.1. The third-order valence-corrected chi connectivity index (χ3v) is 5.77. The number of carbonyl (C=O) groups excluding carboxylic acids is 3. The molecule has 0 radical (unpaired) electrons. The number of benzene rings is 2. The maximum atomic E-state index is 13.0. The van der Waals surface area contributed by atoms with Crippen LogP contribution >= 0.6 is 12.4 Å². The Labute approximate surface area is 208 Å². The van der Waals surface area contributed by atoms with Gasteiger partial charge in [0, 0.05) is 35.6 Å². The second-order valence-corrected chi connectivity index (χ2v) is 8.45. The van der Waals surface area contributed by atoms with Crippen molar-refractivity contribution in [3.63, 3.8) is 0 Å². The predicted molar refractivity (Wildman–Crippen MR) is 134 cm³/mol. The predicted octanol–water partition coefficient (Wildman–Crippen LogP) is 1.86. The van der Waals surface area contributed by atoms with Gasteiger partial charge in [0.1, 0.15) is 5.84 Å². The summed E-state index contributed by atoms with van der Waals surface area (Å²) in [4.78, 5) is 39.0. The molecule has 2 aromatic carbocycles. The summed E-state index contributed by atoms with van der Waals surface area (Å²) in [6.07, 6.45) is -0.357. The summed E-state index contributed by atoms with van der Waals surface area (Å²) in [6, 6.07) is 13.0. The second kappa shape index (κ2) is 11.3. The highest BCUT2D eigenvalue weighted by Crippen LogP contribution is 2.32. The molecule has 6 N–H and O–H groups in total. The van der Waals surface area contributed by atoms with Gasteiger partial charge in [-0.2, -0.15) is 0 Å². The van der Waals surface area contributed by atoms with Gasteiger partial charge in [-0.05, 0) is 67.3 Å². The van der Waals surface area contributed by atoms with Gasteiger partial charge in [0.25, 0.3) is 11.8 Å². The molecule has 2 aliphatic rings. The zero-order chi connectivity index (χ0) is 24.2. The van der Waals surface area contributed by atoms with E-state index in [1.165, 1.54) is 4.90 Å². The highest BCUT2D eigenvalue weighted by Gasteiger charge is 2.39. The fraction of sp³-hybridized carbons (Fsp3) is 0.333. The monoisotopic (exact) mass is 501 g/mol. The van der Waals surface area contributed by atoms with Crippen molar-refractivity contribution in [2.24, 2.45) is 11.7 Å². The fourth-order valence-electron chi connectivity index (χ4n) is 3.70. The van der Waals surface area contributed by atoms with Crippen molar-refractivity contribution in [1.29, 1.82) is 5.41 Å². The number of hydrogen-bond donors (Lipinski definition) is 5. The van der Waals surface area contributed by atoms with Gasteiger partial charge in [-0.15, -0.1) is 12.4 Å². The van der Waals surface area contributed by atoms with Gasteiger partial charge < -0.3 is 31.1 Å². The van der Waals surface area contributed by atoms with Crippen LogP contribution in [0.25, 0.3) is 0 Å². The van der Waals surface area contributed by atoms with Gasteiger partial charge in [-0.3, -0.25) is 19.8 Å². The summed E-state index contributed by atoms with van der Waals surface area (Å²) in [5, 5.41) is 23.3. The Morgan fingerprint density at radius 1 is 1.09 bits per heavy atom. The Hall–Kier alpha value is -3.47. The van der Waals surface area contributed by atoms with Crippen molar-refractivity contribution in [2.45, 2.75) is 31.5 Å². The van der Waals surface area contributed by atoms with Crippen LogP contribution in [0.15, 0.2) is 48.5 Å². The van der Waals surface area contributed by atoms with Gasteiger partial charge in [0.2, 0.25) is 5.91 Å². The second-order valence-electron chi connectivity index (χ2n) is 8.45. The maximum absolute atomic E-state index is 13.0. The smallest absolute Gasteiger partial charge is 0.259 e. The lowest BCUT2D eigenvalue weighted by atomic mass is 10.1. The number of anilines is 3. The number of hydrogen-bond acceptors (Lipinski definition) is 6. The summed E-state index contributed by atoms with van der Waals surface area (Å²) in [6.45, 7) is 0.414. The number of nitrogen functional groups attached to an aromatic ring is 1. The average Bonchev–Trinajstić information content (AvgIpc) is 3.63. The first-order valence-electron chi connectivity index (χ1n) is 11.1. The quantitative estimate of drug-likeness (QED) is 0.274. The number of amidine groups is 1. The number of ether oxygens (including phenoxy) is 1. The van der Waals surface area contributed by atoms with Crippen molar-refractivity contribution in [2.75, 3.05) is 28.7 Å². The van der Waals surface area contributed by atoms with Crippen LogP contribution < -0.4 is 21.3 Å². The van der Waals surface area contributed by atoms with Gasteiger partial charge >= 0.3 is 0 Å². The lowest BCUT2D eigenvalue weighted by Gasteiger charge is -2.34. The minimum Gasteiger partial charge on any atom is -0.384 e.